The van der Waals surface area contributed by atoms with E-state index in [0.29, 0.717) is 22.6 Å². The van der Waals surface area contributed by atoms with Gasteiger partial charge in [0.1, 0.15) is 11.5 Å². The summed E-state index contributed by atoms with van der Waals surface area (Å²) in [5, 5.41) is 0. The minimum atomic E-state index is -0.533. The molecule has 0 fully saturated rings. The molecule has 0 atom stereocenters. The highest BCUT2D eigenvalue weighted by Crippen LogP contribution is 2.40. The average Bonchev–Trinajstić information content (AvgIpc) is 3.02. The van der Waals surface area contributed by atoms with Crippen molar-refractivity contribution >= 4 is 43.8 Å². The monoisotopic (exact) mass is 682 g/mol. The van der Waals surface area contributed by atoms with Crippen LogP contribution in [0.4, 0.5) is 0 Å². The van der Waals surface area contributed by atoms with Crippen LogP contribution < -0.4 is 9.47 Å². The third-order valence-corrected chi connectivity index (χ3v) is 8.44. The molecule has 0 aromatic heterocycles. The average molecular weight is 684 g/mol. The van der Waals surface area contributed by atoms with E-state index in [1.165, 1.54) is 5.56 Å². The predicted octanol–water partition coefficient (Wildman–Crippen LogP) is 9.57. The van der Waals surface area contributed by atoms with Crippen LogP contribution in [0.2, 0.25) is 0 Å². The van der Waals surface area contributed by atoms with Gasteiger partial charge in [0, 0.05) is 14.4 Å². The van der Waals surface area contributed by atoms with Gasteiger partial charge < -0.3 is 9.47 Å². The van der Waals surface area contributed by atoms with Crippen molar-refractivity contribution in [2.75, 3.05) is 0 Å². The zero-order valence-electron chi connectivity index (χ0n) is 23.1. The van der Waals surface area contributed by atoms with Gasteiger partial charge in [0.05, 0.1) is 11.1 Å². The van der Waals surface area contributed by atoms with Gasteiger partial charge in [0.2, 0.25) is 0 Å². The molecule has 0 saturated heterocycles. The van der Waals surface area contributed by atoms with Crippen molar-refractivity contribution in [2.45, 2.75) is 25.7 Å². The van der Waals surface area contributed by atoms with Crippen molar-refractivity contribution in [3.63, 3.8) is 0 Å². The van der Waals surface area contributed by atoms with E-state index in [2.05, 4.69) is 70.0 Å². The number of esters is 2. The van der Waals surface area contributed by atoms with Crippen molar-refractivity contribution in [1.29, 1.82) is 0 Å². The van der Waals surface area contributed by atoms with Crippen LogP contribution in [-0.2, 0) is 11.8 Å². The number of hydrogen-bond donors (Lipinski definition) is 0. The van der Waals surface area contributed by atoms with Crippen molar-refractivity contribution in [3.8, 4) is 11.5 Å². The Hall–Kier alpha value is -4.00. The maximum atomic E-state index is 12.6. The van der Waals surface area contributed by atoms with Gasteiger partial charge in [-0.2, -0.15) is 0 Å². The standard InChI is InChI=1S/C36H28Br2O4/c1-3-24-4-10-27(11-5-24)36(2,28-12-20-32(21-13-28)41-34(39)25-6-16-30(37)17-7-25)29-14-22-33(23-15-29)42-35(40)26-8-18-31(38)19-9-26/h4-23H,3H2,1-2H3. The third kappa shape index (κ3) is 6.56. The van der Waals surface area contributed by atoms with Crippen LogP contribution in [0.15, 0.2) is 130 Å². The zero-order valence-corrected chi connectivity index (χ0v) is 26.3. The highest BCUT2D eigenvalue weighted by atomic mass is 79.9. The molecule has 0 aliphatic heterocycles. The number of aryl methyl sites for hydroxylation is 1. The predicted molar refractivity (Wildman–Crippen MR) is 172 cm³/mol. The summed E-state index contributed by atoms with van der Waals surface area (Å²) in [5.41, 5.74) is 4.83. The lowest BCUT2D eigenvalue weighted by molar-refractivity contribution is 0.0725. The van der Waals surface area contributed by atoms with E-state index < -0.39 is 17.4 Å². The fourth-order valence-electron chi connectivity index (χ4n) is 4.79. The lowest BCUT2D eigenvalue weighted by Gasteiger charge is -2.32. The molecule has 0 spiro atoms. The van der Waals surface area contributed by atoms with E-state index in [0.717, 1.165) is 32.1 Å². The highest BCUT2D eigenvalue weighted by molar-refractivity contribution is 9.10. The molecule has 210 valence electrons. The first kappa shape index (κ1) is 29.5. The quantitative estimate of drug-likeness (QED) is 0.0929. The maximum absolute atomic E-state index is 12.6. The largest absolute Gasteiger partial charge is 0.423 e. The Labute approximate surface area is 262 Å². The Balaban J connectivity index is 1.43. The molecule has 5 aromatic rings. The van der Waals surface area contributed by atoms with Crippen LogP contribution in [0, 0.1) is 0 Å². The van der Waals surface area contributed by atoms with E-state index in [1.807, 2.05) is 72.8 Å². The van der Waals surface area contributed by atoms with Crippen LogP contribution >= 0.6 is 31.9 Å². The second-order valence-corrected chi connectivity index (χ2v) is 11.8. The third-order valence-electron chi connectivity index (χ3n) is 7.38. The molecule has 0 N–H and O–H groups in total. The van der Waals surface area contributed by atoms with E-state index in [4.69, 9.17) is 9.47 Å². The smallest absolute Gasteiger partial charge is 0.343 e. The fraction of sp³-hybridized carbons (Fsp3) is 0.111. The molecular weight excluding hydrogens is 656 g/mol. The number of benzene rings is 5. The molecule has 0 unspecified atom stereocenters. The van der Waals surface area contributed by atoms with Gasteiger partial charge in [-0.25, -0.2) is 9.59 Å². The van der Waals surface area contributed by atoms with Crippen molar-refractivity contribution < 1.29 is 19.1 Å². The highest BCUT2D eigenvalue weighted by Gasteiger charge is 2.31. The van der Waals surface area contributed by atoms with Crippen LogP contribution in [-0.4, -0.2) is 11.9 Å². The number of halogens is 2. The first-order valence-electron chi connectivity index (χ1n) is 13.5. The van der Waals surface area contributed by atoms with Gasteiger partial charge in [-0.1, -0.05) is 87.3 Å². The molecule has 0 bridgehead atoms. The Kier molecular flexibility index (Phi) is 9.05. The number of carbonyl (C=O) groups is 2. The minimum absolute atomic E-state index is 0.415. The summed E-state index contributed by atoms with van der Waals surface area (Å²) in [6.07, 6.45) is 0.952. The van der Waals surface area contributed by atoms with Crippen molar-refractivity contribution in [1.82, 2.24) is 0 Å². The molecule has 42 heavy (non-hydrogen) atoms. The Morgan fingerprint density at radius 1 is 0.548 bits per heavy atom. The summed E-state index contributed by atoms with van der Waals surface area (Å²) in [6.45, 7) is 4.30. The normalized spacial score (nSPS) is 11.1. The lowest BCUT2D eigenvalue weighted by Crippen LogP contribution is -2.25. The SMILES string of the molecule is CCc1ccc(C(C)(c2ccc(OC(=O)c3ccc(Br)cc3)cc2)c2ccc(OC(=O)c3ccc(Br)cc3)cc2)cc1. The minimum Gasteiger partial charge on any atom is -0.423 e. The van der Waals surface area contributed by atoms with Gasteiger partial charge >= 0.3 is 11.9 Å². The Bertz CT molecular complexity index is 1570. The number of rotatable bonds is 8. The molecule has 0 amide bonds. The fourth-order valence-corrected chi connectivity index (χ4v) is 5.32. The van der Waals surface area contributed by atoms with E-state index >= 15 is 0 Å². The zero-order chi connectivity index (χ0) is 29.7. The van der Waals surface area contributed by atoms with Gasteiger partial charge in [-0.3, -0.25) is 0 Å². The van der Waals surface area contributed by atoms with Crippen LogP contribution in [0.3, 0.4) is 0 Å². The Morgan fingerprint density at radius 3 is 1.21 bits per heavy atom. The summed E-state index contributed by atoms with van der Waals surface area (Å²) in [5.74, 6) is 0.0963. The number of hydrogen-bond acceptors (Lipinski definition) is 4. The summed E-state index contributed by atoms with van der Waals surface area (Å²) < 4.78 is 13.1. The molecule has 0 radical (unpaired) electrons. The molecule has 4 nitrogen and oxygen atoms in total. The molecule has 0 saturated carbocycles. The molecule has 0 aliphatic carbocycles. The van der Waals surface area contributed by atoms with Gasteiger partial charge in [0.25, 0.3) is 0 Å². The second-order valence-electron chi connectivity index (χ2n) is 10.0. The summed E-state index contributed by atoms with van der Waals surface area (Å²) in [4.78, 5) is 25.3. The van der Waals surface area contributed by atoms with E-state index in [1.54, 1.807) is 24.3 Å². The van der Waals surface area contributed by atoms with Crippen LogP contribution in [0.5, 0.6) is 11.5 Å². The molecule has 5 rings (SSSR count). The lowest BCUT2D eigenvalue weighted by atomic mass is 9.71. The van der Waals surface area contributed by atoms with Gasteiger partial charge in [0.15, 0.2) is 0 Å². The topological polar surface area (TPSA) is 52.6 Å². The molecule has 5 aromatic carbocycles. The molecule has 6 heteroatoms. The summed E-state index contributed by atoms with van der Waals surface area (Å²) in [7, 11) is 0. The van der Waals surface area contributed by atoms with Crippen molar-refractivity contribution in [2.24, 2.45) is 0 Å². The summed E-state index contributed by atoms with van der Waals surface area (Å²) in [6, 6.07) is 37.9. The second kappa shape index (κ2) is 12.9. The molecular formula is C36H28Br2O4. The van der Waals surface area contributed by atoms with E-state index in [9.17, 15) is 9.59 Å². The molecule has 0 aliphatic rings. The van der Waals surface area contributed by atoms with Crippen LogP contribution in [0.25, 0.3) is 0 Å². The number of carbonyl (C=O) groups excluding carboxylic acids is 2. The van der Waals surface area contributed by atoms with Crippen molar-refractivity contribution in [3.05, 3.63) is 164 Å². The first-order chi connectivity index (χ1) is 20.3. The van der Waals surface area contributed by atoms with Gasteiger partial charge in [-0.05, 0) is 108 Å². The van der Waals surface area contributed by atoms with Gasteiger partial charge in [-0.15, -0.1) is 0 Å². The number of ether oxygens (including phenoxy) is 2. The van der Waals surface area contributed by atoms with Crippen LogP contribution in [0.1, 0.15) is 56.8 Å². The first-order valence-corrected chi connectivity index (χ1v) is 15.1. The Morgan fingerprint density at radius 2 is 0.881 bits per heavy atom. The molecule has 0 heterocycles. The van der Waals surface area contributed by atoms with E-state index in [-0.39, 0.29) is 0 Å². The maximum Gasteiger partial charge on any atom is 0.343 e. The summed E-state index contributed by atoms with van der Waals surface area (Å²) >= 11 is 6.77.